The number of nitrogens with zero attached hydrogens (tertiary/aromatic N) is 3. The van der Waals surface area contributed by atoms with Crippen molar-refractivity contribution < 1.29 is 18.0 Å². The lowest BCUT2D eigenvalue weighted by atomic mass is 10.1. The van der Waals surface area contributed by atoms with E-state index in [2.05, 4.69) is 20.0 Å². The normalized spacial score (nSPS) is 15.2. The van der Waals surface area contributed by atoms with Crippen LogP contribution in [0.1, 0.15) is 38.2 Å². The van der Waals surface area contributed by atoms with E-state index in [1.807, 2.05) is 47.4 Å². The summed E-state index contributed by atoms with van der Waals surface area (Å²) in [6.45, 7) is 4.04. The van der Waals surface area contributed by atoms with Crippen LogP contribution in [-0.2, 0) is 21.4 Å². The number of amides is 2. The van der Waals surface area contributed by atoms with Crippen molar-refractivity contribution in [3.63, 3.8) is 0 Å². The molecule has 0 saturated carbocycles. The largest absolute Gasteiger partial charge is 0.322 e. The number of carbonyl (C=O) groups excluding carboxylic acids is 2. The summed E-state index contributed by atoms with van der Waals surface area (Å²) in [5.74, 6) is 0.170. The Morgan fingerprint density at radius 1 is 0.950 bits per heavy atom. The van der Waals surface area contributed by atoms with Gasteiger partial charge >= 0.3 is 0 Å². The summed E-state index contributed by atoms with van der Waals surface area (Å²) < 4.78 is 27.9. The van der Waals surface area contributed by atoms with Crippen LogP contribution in [-0.4, -0.2) is 40.9 Å². The average molecular weight is 574 g/mol. The zero-order valence-electron chi connectivity index (χ0n) is 21.9. The first-order valence-electron chi connectivity index (χ1n) is 12.5. The Morgan fingerprint density at radius 2 is 1.60 bits per heavy atom. The molecule has 0 spiro atoms. The minimum Gasteiger partial charge on any atom is -0.322 e. The van der Waals surface area contributed by atoms with Crippen LogP contribution in [0.25, 0.3) is 0 Å². The molecule has 11 heteroatoms. The number of sulfonamides is 1. The fourth-order valence-electron chi connectivity index (χ4n) is 4.35. The molecule has 1 saturated heterocycles. The summed E-state index contributed by atoms with van der Waals surface area (Å²) >= 11 is 1.57. The van der Waals surface area contributed by atoms with Gasteiger partial charge in [0.15, 0.2) is 0 Å². The van der Waals surface area contributed by atoms with Gasteiger partial charge in [0.25, 0.3) is 15.9 Å². The lowest BCUT2D eigenvalue weighted by molar-refractivity contribution is -0.128. The average Bonchev–Trinajstić information content (AvgIpc) is 3.28. The first kappa shape index (κ1) is 27.4. The van der Waals surface area contributed by atoms with Crippen LogP contribution in [0, 0.1) is 13.8 Å². The van der Waals surface area contributed by atoms with Crippen molar-refractivity contribution in [2.24, 2.45) is 0 Å². The molecule has 204 valence electrons. The predicted molar refractivity (Wildman–Crippen MR) is 155 cm³/mol. The van der Waals surface area contributed by atoms with Gasteiger partial charge in [-0.05, 0) is 67.4 Å². The zero-order valence-corrected chi connectivity index (χ0v) is 23.5. The van der Waals surface area contributed by atoms with Gasteiger partial charge in [-0.2, -0.15) is 0 Å². The Bertz CT molecular complexity index is 1620. The van der Waals surface area contributed by atoms with E-state index in [9.17, 15) is 18.0 Å². The lowest BCUT2D eigenvalue weighted by Crippen LogP contribution is -2.27. The maximum Gasteiger partial charge on any atom is 0.264 e. The minimum atomic E-state index is -3.90. The molecule has 0 radical (unpaired) electrons. The van der Waals surface area contributed by atoms with Gasteiger partial charge in [0.2, 0.25) is 11.9 Å². The highest BCUT2D eigenvalue weighted by atomic mass is 32.2. The number of aromatic nitrogens is 2. The highest BCUT2D eigenvalue weighted by Crippen LogP contribution is 2.39. The molecule has 1 fully saturated rings. The van der Waals surface area contributed by atoms with Gasteiger partial charge in [0.05, 0.1) is 10.6 Å². The standard InChI is InChI=1S/C29H27N5O4S2/c1-19-16-20(2)31-29(30-19)33-40(37,38)25-14-12-24(13-15-25)32-27(36)22-8-10-23(11-9-22)28-34(26(35)18-39-28)17-21-6-4-3-5-7-21/h3-16,28H,17-18H2,1-2H3,(H,32,36)(H,30,31,33)/t28-/m0/s1. The molecule has 3 aromatic carbocycles. The molecule has 40 heavy (non-hydrogen) atoms. The first-order valence-corrected chi connectivity index (χ1v) is 15.0. The van der Waals surface area contributed by atoms with Gasteiger partial charge in [0.1, 0.15) is 5.37 Å². The van der Waals surface area contributed by atoms with Gasteiger partial charge < -0.3 is 10.2 Å². The van der Waals surface area contributed by atoms with Crippen molar-refractivity contribution >= 4 is 45.2 Å². The van der Waals surface area contributed by atoms with Crippen molar-refractivity contribution in [2.75, 3.05) is 15.8 Å². The number of carbonyl (C=O) groups is 2. The van der Waals surface area contributed by atoms with Crippen molar-refractivity contribution in [1.29, 1.82) is 0 Å². The number of nitrogens with one attached hydrogen (secondary N) is 2. The molecule has 2 N–H and O–H groups in total. The fourth-order valence-corrected chi connectivity index (χ4v) is 6.48. The molecule has 5 rings (SSSR count). The lowest BCUT2D eigenvalue weighted by Gasteiger charge is -2.24. The fraction of sp³-hybridized carbons (Fsp3) is 0.172. The van der Waals surface area contributed by atoms with Gasteiger partial charge in [-0.1, -0.05) is 42.5 Å². The number of thioether (sulfide) groups is 1. The summed E-state index contributed by atoms with van der Waals surface area (Å²) in [5, 5.41) is 2.67. The van der Waals surface area contributed by atoms with Gasteiger partial charge in [-0.3, -0.25) is 9.59 Å². The molecular weight excluding hydrogens is 546 g/mol. The van der Waals surface area contributed by atoms with Crippen LogP contribution in [0.3, 0.4) is 0 Å². The van der Waals surface area contributed by atoms with E-state index in [4.69, 9.17) is 0 Å². The van der Waals surface area contributed by atoms with E-state index in [-0.39, 0.29) is 28.0 Å². The van der Waals surface area contributed by atoms with Gasteiger partial charge in [-0.25, -0.2) is 23.1 Å². The molecule has 9 nitrogen and oxygen atoms in total. The van der Waals surface area contributed by atoms with E-state index in [1.54, 1.807) is 43.8 Å². The van der Waals surface area contributed by atoms with Crippen molar-refractivity contribution in [3.8, 4) is 0 Å². The minimum absolute atomic E-state index is 0.00174. The van der Waals surface area contributed by atoms with Crippen molar-refractivity contribution in [1.82, 2.24) is 14.9 Å². The van der Waals surface area contributed by atoms with Crippen LogP contribution in [0.2, 0.25) is 0 Å². The second-order valence-corrected chi connectivity index (χ2v) is 12.1. The van der Waals surface area contributed by atoms with Crippen molar-refractivity contribution in [3.05, 3.63) is 113 Å². The Balaban J connectivity index is 1.23. The maximum atomic E-state index is 12.9. The maximum absolute atomic E-state index is 12.9. The second kappa shape index (κ2) is 11.5. The molecule has 1 aliphatic heterocycles. The molecule has 2 heterocycles. The SMILES string of the molecule is Cc1cc(C)nc(NS(=O)(=O)c2ccc(NC(=O)c3ccc([C@@H]4SCC(=O)N4Cc4ccccc4)cc3)cc2)n1. The smallest absolute Gasteiger partial charge is 0.264 e. The predicted octanol–water partition coefficient (Wildman–Crippen LogP) is 4.92. The van der Waals surface area contributed by atoms with Crippen LogP contribution in [0.15, 0.2) is 89.8 Å². The topological polar surface area (TPSA) is 121 Å². The molecule has 0 unspecified atom stereocenters. The number of benzene rings is 3. The summed E-state index contributed by atoms with van der Waals surface area (Å²) in [5.41, 5.74) is 4.19. The van der Waals surface area contributed by atoms with Crippen LogP contribution < -0.4 is 10.0 Å². The molecule has 0 aliphatic carbocycles. The number of anilines is 2. The van der Waals surface area contributed by atoms with Crippen molar-refractivity contribution in [2.45, 2.75) is 30.7 Å². The summed E-state index contributed by atoms with van der Waals surface area (Å²) in [7, 11) is -3.90. The molecular formula is C29H27N5O4S2. The van der Waals surface area contributed by atoms with E-state index >= 15 is 0 Å². The molecule has 0 bridgehead atoms. The van der Waals surface area contributed by atoms with E-state index in [0.29, 0.717) is 34.9 Å². The van der Waals surface area contributed by atoms with E-state index in [0.717, 1.165) is 11.1 Å². The highest BCUT2D eigenvalue weighted by Gasteiger charge is 2.32. The van der Waals surface area contributed by atoms with Gasteiger partial charge in [-0.15, -0.1) is 11.8 Å². The van der Waals surface area contributed by atoms with Crippen LogP contribution in [0.4, 0.5) is 11.6 Å². The van der Waals surface area contributed by atoms with E-state index < -0.39 is 10.0 Å². The molecule has 1 aromatic heterocycles. The van der Waals surface area contributed by atoms with Gasteiger partial charge in [0, 0.05) is 29.2 Å². The number of rotatable bonds is 8. The van der Waals surface area contributed by atoms with Crippen LogP contribution >= 0.6 is 11.8 Å². The number of hydrogen-bond donors (Lipinski definition) is 2. The summed E-state index contributed by atoms with van der Waals surface area (Å²) in [4.78, 5) is 35.5. The third-order valence-corrected chi connectivity index (χ3v) is 8.85. The van der Waals surface area contributed by atoms with E-state index in [1.165, 1.54) is 24.3 Å². The molecule has 4 aromatic rings. The van der Waals surface area contributed by atoms with Crippen LogP contribution in [0.5, 0.6) is 0 Å². The second-order valence-electron chi connectivity index (χ2n) is 9.35. The number of aryl methyl sites for hydroxylation is 2. The Hall–Kier alpha value is -4.22. The number of hydrogen-bond acceptors (Lipinski definition) is 7. The summed E-state index contributed by atoms with van der Waals surface area (Å²) in [6.07, 6.45) is 0. The molecule has 1 atom stereocenters. The summed E-state index contributed by atoms with van der Waals surface area (Å²) in [6, 6.07) is 24.6. The highest BCUT2D eigenvalue weighted by molar-refractivity contribution is 8.00. The first-order chi connectivity index (χ1) is 19.2. The Kier molecular flexibility index (Phi) is 7.85. The quantitative estimate of drug-likeness (QED) is 0.307. The Labute approximate surface area is 237 Å². The molecule has 1 aliphatic rings. The third kappa shape index (κ3) is 6.32. The zero-order chi connectivity index (χ0) is 28.3. The molecule has 2 amide bonds. The Morgan fingerprint density at radius 3 is 2.25 bits per heavy atom. The third-order valence-electron chi connectivity index (χ3n) is 6.25. The monoisotopic (exact) mass is 573 g/mol.